The molecule has 1 aromatic carbocycles. The molecular formula is C24H26F3N5O6S. The van der Waals surface area contributed by atoms with Crippen molar-refractivity contribution in [3.05, 3.63) is 41.5 Å². The number of ether oxygens (including phenoxy) is 1. The number of aryl methyl sites for hydroxylation is 2. The molecule has 3 amide bonds. The van der Waals surface area contributed by atoms with Gasteiger partial charge < -0.3 is 24.4 Å². The zero-order valence-electron chi connectivity index (χ0n) is 21.0. The third-order valence-corrected chi connectivity index (χ3v) is 8.61. The van der Waals surface area contributed by atoms with E-state index in [0.29, 0.717) is 11.3 Å². The van der Waals surface area contributed by atoms with Crippen LogP contribution in [0.2, 0.25) is 0 Å². The van der Waals surface area contributed by atoms with Crippen molar-refractivity contribution in [3.63, 3.8) is 0 Å². The lowest BCUT2D eigenvalue weighted by Gasteiger charge is -2.42. The van der Waals surface area contributed by atoms with Gasteiger partial charge in [-0.05, 0) is 37.1 Å². The number of sulfonamides is 1. The van der Waals surface area contributed by atoms with Gasteiger partial charge in [0.05, 0.1) is 19.7 Å². The maximum Gasteiger partial charge on any atom is 0.312 e. The molecule has 2 unspecified atom stereocenters. The summed E-state index contributed by atoms with van der Waals surface area (Å²) in [5.41, 5.74) is 0.577. The SMILES string of the molecule is Cc1cc(NC(=O)c2c3c(cn2C)S(=O)(=O)NC2CN(C(=O)C(=O)N4CC(F)(F)C4)CCC2CO3)ccc1F. The van der Waals surface area contributed by atoms with Gasteiger partial charge in [-0.25, -0.2) is 26.3 Å². The second kappa shape index (κ2) is 9.55. The molecule has 2 atom stereocenters. The zero-order valence-corrected chi connectivity index (χ0v) is 21.9. The molecule has 3 aliphatic rings. The van der Waals surface area contributed by atoms with E-state index in [4.69, 9.17) is 4.74 Å². The van der Waals surface area contributed by atoms with Gasteiger partial charge in [0.2, 0.25) is 10.0 Å². The maximum atomic E-state index is 13.6. The number of fused-ring (bicyclic) bond motifs is 2. The smallest absolute Gasteiger partial charge is 0.312 e. The first kappa shape index (κ1) is 27.0. The summed E-state index contributed by atoms with van der Waals surface area (Å²) in [4.78, 5) is 39.7. The summed E-state index contributed by atoms with van der Waals surface area (Å²) in [7, 11) is -2.77. The van der Waals surface area contributed by atoms with Gasteiger partial charge >= 0.3 is 11.8 Å². The fourth-order valence-electron chi connectivity index (χ4n) is 4.98. The molecule has 0 bridgehead atoms. The quantitative estimate of drug-likeness (QED) is 0.521. The molecule has 2 N–H and O–H groups in total. The van der Waals surface area contributed by atoms with Crippen molar-refractivity contribution in [2.24, 2.45) is 13.0 Å². The normalized spacial score (nSPS) is 23.3. The molecule has 11 nitrogen and oxygen atoms in total. The van der Waals surface area contributed by atoms with Crippen LogP contribution in [0.15, 0.2) is 29.3 Å². The van der Waals surface area contributed by atoms with Crippen molar-refractivity contribution >= 4 is 33.4 Å². The molecule has 2 fully saturated rings. The van der Waals surface area contributed by atoms with Crippen LogP contribution in [0.5, 0.6) is 5.75 Å². The Bertz CT molecular complexity index is 1470. The first-order valence-electron chi connectivity index (χ1n) is 12.1. The highest BCUT2D eigenvalue weighted by molar-refractivity contribution is 7.89. The van der Waals surface area contributed by atoms with Gasteiger partial charge in [0.15, 0.2) is 11.4 Å². The van der Waals surface area contributed by atoms with E-state index in [9.17, 15) is 36.0 Å². The number of piperidine rings is 1. The molecule has 5 rings (SSSR count). The molecule has 2 saturated heterocycles. The number of rotatable bonds is 2. The number of alkyl halides is 2. The maximum absolute atomic E-state index is 13.6. The first-order chi connectivity index (χ1) is 18.3. The van der Waals surface area contributed by atoms with Crippen molar-refractivity contribution < 1.29 is 40.7 Å². The number of anilines is 1. The number of carbonyl (C=O) groups excluding carboxylic acids is 3. The van der Waals surface area contributed by atoms with Gasteiger partial charge in [0, 0.05) is 44.0 Å². The Hall–Kier alpha value is -3.59. The van der Waals surface area contributed by atoms with Crippen LogP contribution >= 0.6 is 0 Å². The molecule has 0 radical (unpaired) electrons. The molecule has 39 heavy (non-hydrogen) atoms. The molecule has 3 aliphatic heterocycles. The predicted octanol–water partition coefficient (Wildman–Crippen LogP) is 1.09. The Labute approximate surface area is 221 Å². The molecule has 0 saturated carbocycles. The third-order valence-electron chi connectivity index (χ3n) is 7.13. The number of nitrogens with one attached hydrogen (secondary N) is 2. The van der Waals surface area contributed by atoms with Gasteiger partial charge in [0.1, 0.15) is 10.7 Å². The lowest BCUT2D eigenvalue weighted by atomic mass is 9.92. The minimum Gasteiger partial charge on any atom is -0.489 e. The highest BCUT2D eigenvalue weighted by atomic mass is 32.2. The standard InChI is InChI=1S/C24H26F3N5O6S/c1-13-7-15(3-4-16(13)25)28-21(33)19-20-18(9-30(19)2)39(36,37)29-17-8-31(6-5-14(17)10-38-20)22(34)23(35)32-11-24(26,27)12-32/h3-4,7,9,14,17,29H,5-6,8,10-12H2,1-2H3,(H,28,33). The Morgan fingerprint density at radius 1 is 1.15 bits per heavy atom. The van der Waals surface area contributed by atoms with Crippen molar-refractivity contribution in [3.8, 4) is 5.75 Å². The van der Waals surface area contributed by atoms with Crippen LogP contribution in [0.4, 0.5) is 18.9 Å². The summed E-state index contributed by atoms with van der Waals surface area (Å²) in [6.07, 6.45) is 1.49. The molecule has 0 spiro atoms. The fraction of sp³-hybridized carbons (Fsp3) is 0.458. The predicted molar refractivity (Wildman–Crippen MR) is 130 cm³/mol. The third kappa shape index (κ3) is 5.07. The lowest BCUT2D eigenvalue weighted by Crippen LogP contribution is -2.63. The van der Waals surface area contributed by atoms with E-state index >= 15 is 0 Å². The van der Waals surface area contributed by atoms with Gasteiger partial charge in [-0.2, -0.15) is 0 Å². The Morgan fingerprint density at radius 2 is 1.85 bits per heavy atom. The van der Waals surface area contributed by atoms with E-state index in [0.717, 1.165) is 9.80 Å². The van der Waals surface area contributed by atoms with Crippen LogP contribution in [-0.2, 0) is 26.7 Å². The fourth-order valence-corrected chi connectivity index (χ4v) is 6.47. The highest BCUT2D eigenvalue weighted by Crippen LogP contribution is 2.35. The van der Waals surface area contributed by atoms with Crippen LogP contribution in [0.25, 0.3) is 0 Å². The number of hydrogen-bond acceptors (Lipinski definition) is 6. The van der Waals surface area contributed by atoms with Crippen LogP contribution in [0.1, 0.15) is 22.5 Å². The zero-order chi connectivity index (χ0) is 28.3. The lowest BCUT2D eigenvalue weighted by molar-refractivity contribution is -0.174. The molecule has 210 valence electrons. The summed E-state index contributed by atoms with van der Waals surface area (Å²) in [5, 5.41) is 2.63. The van der Waals surface area contributed by atoms with E-state index in [1.165, 1.54) is 36.0 Å². The van der Waals surface area contributed by atoms with E-state index in [1.807, 2.05) is 0 Å². The minimum absolute atomic E-state index is 0.00839. The van der Waals surface area contributed by atoms with E-state index in [1.54, 1.807) is 6.92 Å². The van der Waals surface area contributed by atoms with Gasteiger partial charge in [-0.15, -0.1) is 0 Å². The number of amides is 3. The van der Waals surface area contributed by atoms with E-state index in [-0.39, 0.29) is 42.5 Å². The number of likely N-dealkylation sites (tertiary alicyclic amines) is 2. The van der Waals surface area contributed by atoms with E-state index in [2.05, 4.69) is 10.0 Å². The average molecular weight is 570 g/mol. The van der Waals surface area contributed by atoms with Crippen LogP contribution in [0.3, 0.4) is 0 Å². The number of aromatic nitrogens is 1. The number of hydrogen-bond donors (Lipinski definition) is 2. The van der Waals surface area contributed by atoms with Crippen molar-refractivity contribution in [1.82, 2.24) is 19.1 Å². The number of carbonyl (C=O) groups is 3. The van der Waals surface area contributed by atoms with Gasteiger partial charge in [0.25, 0.3) is 11.8 Å². The van der Waals surface area contributed by atoms with Crippen molar-refractivity contribution in [2.45, 2.75) is 30.2 Å². The topological polar surface area (TPSA) is 130 Å². The molecule has 1 aromatic heterocycles. The Balaban J connectivity index is 1.34. The minimum atomic E-state index is -4.25. The Kier molecular flexibility index (Phi) is 6.61. The number of benzene rings is 1. The summed E-state index contributed by atoms with van der Waals surface area (Å²) in [5.74, 6) is -6.69. The molecule has 2 aromatic rings. The van der Waals surface area contributed by atoms with Crippen molar-refractivity contribution in [2.75, 3.05) is 38.1 Å². The van der Waals surface area contributed by atoms with Crippen LogP contribution in [0, 0.1) is 18.7 Å². The second-order valence-electron chi connectivity index (χ2n) is 10.1. The second-order valence-corrected chi connectivity index (χ2v) is 11.7. The number of halogens is 3. The average Bonchev–Trinajstić information content (AvgIpc) is 3.18. The Morgan fingerprint density at radius 3 is 2.51 bits per heavy atom. The van der Waals surface area contributed by atoms with Crippen molar-refractivity contribution in [1.29, 1.82) is 0 Å². The first-order valence-corrected chi connectivity index (χ1v) is 13.6. The van der Waals surface area contributed by atoms with E-state index < -0.39 is 64.5 Å². The number of nitrogens with zero attached hydrogens (tertiary/aromatic N) is 3. The highest BCUT2D eigenvalue weighted by Gasteiger charge is 2.49. The summed E-state index contributed by atoms with van der Waals surface area (Å²) in [6.45, 7) is -0.161. The largest absolute Gasteiger partial charge is 0.489 e. The molecule has 4 heterocycles. The van der Waals surface area contributed by atoms with Gasteiger partial charge in [-0.1, -0.05) is 0 Å². The summed E-state index contributed by atoms with van der Waals surface area (Å²) >= 11 is 0. The van der Waals surface area contributed by atoms with Crippen LogP contribution in [-0.4, -0.2) is 85.3 Å². The molecule has 15 heteroatoms. The molecule has 0 aliphatic carbocycles. The molecular weight excluding hydrogens is 543 g/mol. The summed E-state index contributed by atoms with van der Waals surface area (Å²) < 4.78 is 76.3. The monoisotopic (exact) mass is 569 g/mol. The van der Waals surface area contributed by atoms with Gasteiger partial charge in [-0.3, -0.25) is 14.4 Å². The van der Waals surface area contributed by atoms with Crippen LogP contribution < -0.4 is 14.8 Å². The summed E-state index contributed by atoms with van der Waals surface area (Å²) in [6, 6.07) is 3.21.